The van der Waals surface area contributed by atoms with Crippen molar-refractivity contribution in [2.24, 2.45) is 5.73 Å². The molecule has 0 fully saturated rings. The number of nitrogens with two attached hydrogens (primary N) is 1. The molecular formula is C18H17F3N2O2. The Morgan fingerprint density at radius 2 is 1.60 bits per heavy atom. The lowest BCUT2D eigenvalue weighted by molar-refractivity contribution is -0.137. The van der Waals surface area contributed by atoms with Crippen molar-refractivity contribution in [3.05, 3.63) is 71.3 Å². The summed E-state index contributed by atoms with van der Waals surface area (Å²) in [4.78, 5) is 23.7. The van der Waals surface area contributed by atoms with Crippen molar-refractivity contribution in [1.29, 1.82) is 0 Å². The molecular weight excluding hydrogens is 333 g/mol. The van der Waals surface area contributed by atoms with Gasteiger partial charge in [0.05, 0.1) is 5.56 Å². The SMILES string of the molecule is NC(=O)[C@H](CCc1ccccc1)NC(=O)c1ccc(C(F)(F)F)cc1. The molecule has 0 unspecified atom stereocenters. The van der Waals surface area contributed by atoms with Crippen molar-refractivity contribution in [2.75, 3.05) is 0 Å². The summed E-state index contributed by atoms with van der Waals surface area (Å²) in [7, 11) is 0. The number of primary amides is 1. The maximum atomic E-state index is 12.5. The number of carbonyl (C=O) groups excluding carboxylic acids is 2. The van der Waals surface area contributed by atoms with Gasteiger partial charge in [0.2, 0.25) is 5.91 Å². The molecule has 0 radical (unpaired) electrons. The molecule has 1 atom stereocenters. The van der Waals surface area contributed by atoms with Crippen LogP contribution < -0.4 is 11.1 Å². The van der Waals surface area contributed by atoms with Crippen LogP contribution >= 0.6 is 0 Å². The Balaban J connectivity index is 2.01. The highest BCUT2D eigenvalue weighted by molar-refractivity contribution is 5.97. The standard InChI is InChI=1S/C18H17F3N2O2/c19-18(20,21)14-9-7-13(8-10-14)17(25)23-15(16(22)24)11-6-12-4-2-1-3-5-12/h1-5,7-10,15H,6,11H2,(H2,22,24)(H,23,25)/t15-/m0/s1. The molecule has 0 aromatic heterocycles. The van der Waals surface area contributed by atoms with Crippen LogP contribution in [-0.2, 0) is 17.4 Å². The Hall–Kier alpha value is -2.83. The van der Waals surface area contributed by atoms with E-state index in [0.29, 0.717) is 12.8 Å². The van der Waals surface area contributed by atoms with E-state index in [0.717, 1.165) is 29.8 Å². The summed E-state index contributed by atoms with van der Waals surface area (Å²) in [5, 5.41) is 2.47. The van der Waals surface area contributed by atoms with Gasteiger partial charge in [0.15, 0.2) is 0 Å². The number of alkyl halides is 3. The maximum absolute atomic E-state index is 12.5. The maximum Gasteiger partial charge on any atom is 0.416 e. The van der Waals surface area contributed by atoms with Crippen molar-refractivity contribution in [2.45, 2.75) is 25.1 Å². The molecule has 0 bridgehead atoms. The Bertz CT molecular complexity index is 728. The number of amides is 2. The second kappa shape index (κ2) is 7.83. The smallest absolute Gasteiger partial charge is 0.368 e. The van der Waals surface area contributed by atoms with Gasteiger partial charge in [-0.05, 0) is 42.7 Å². The van der Waals surface area contributed by atoms with Gasteiger partial charge in [-0.3, -0.25) is 9.59 Å². The van der Waals surface area contributed by atoms with E-state index in [4.69, 9.17) is 5.73 Å². The second-order valence-corrected chi connectivity index (χ2v) is 5.53. The minimum absolute atomic E-state index is 0.0268. The average Bonchev–Trinajstić information content (AvgIpc) is 2.58. The summed E-state index contributed by atoms with van der Waals surface area (Å²) in [5.41, 5.74) is 5.47. The third-order valence-corrected chi connectivity index (χ3v) is 3.69. The van der Waals surface area contributed by atoms with Crippen LogP contribution in [0, 0.1) is 0 Å². The van der Waals surface area contributed by atoms with E-state index in [1.54, 1.807) is 0 Å². The molecule has 2 aromatic rings. The zero-order chi connectivity index (χ0) is 18.4. The van der Waals surface area contributed by atoms with E-state index in [9.17, 15) is 22.8 Å². The van der Waals surface area contributed by atoms with Gasteiger partial charge in [-0.15, -0.1) is 0 Å². The summed E-state index contributed by atoms with van der Waals surface area (Å²) in [6.45, 7) is 0. The van der Waals surface area contributed by atoms with E-state index in [-0.39, 0.29) is 5.56 Å². The first-order chi connectivity index (χ1) is 11.8. The van der Waals surface area contributed by atoms with E-state index in [2.05, 4.69) is 5.32 Å². The van der Waals surface area contributed by atoms with Crippen molar-refractivity contribution in [1.82, 2.24) is 5.32 Å². The number of rotatable bonds is 6. The number of aryl methyl sites for hydroxylation is 1. The van der Waals surface area contributed by atoms with Crippen LogP contribution in [0.1, 0.15) is 27.9 Å². The molecule has 25 heavy (non-hydrogen) atoms. The zero-order valence-corrected chi connectivity index (χ0v) is 13.2. The van der Waals surface area contributed by atoms with Crippen LogP contribution in [0.5, 0.6) is 0 Å². The van der Waals surface area contributed by atoms with Gasteiger partial charge in [-0.2, -0.15) is 13.2 Å². The van der Waals surface area contributed by atoms with Crippen LogP contribution in [0.3, 0.4) is 0 Å². The van der Waals surface area contributed by atoms with Crippen LogP contribution in [-0.4, -0.2) is 17.9 Å². The molecule has 4 nitrogen and oxygen atoms in total. The lowest BCUT2D eigenvalue weighted by atomic mass is 10.0. The van der Waals surface area contributed by atoms with Crippen molar-refractivity contribution in [3.63, 3.8) is 0 Å². The molecule has 2 amide bonds. The molecule has 0 saturated carbocycles. The first kappa shape index (κ1) is 18.5. The Morgan fingerprint density at radius 3 is 2.12 bits per heavy atom. The average molecular weight is 350 g/mol. The largest absolute Gasteiger partial charge is 0.416 e. The highest BCUT2D eigenvalue weighted by atomic mass is 19.4. The number of carbonyl (C=O) groups is 2. The van der Waals surface area contributed by atoms with Crippen molar-refractivity contribution < 1.29 is 22.8 Å². The number of hydrogen-bond acceptors (Lipinski definition) is 2. The summed E-state index contributed by atoms with van der Waals surface area (Å²) in [6.07, 6.45) is -3.64. The van der Waals surface area contributed by atoms with E-state index in [1.165, 1.54) is 0 Å². The highest BCUT2D eigenvalue weighted by Crippen LogP contribution is 2.29. The molecule has 132 valence electrons. The van der Waals surface area contributed by atoms with Gasteiger partial charge in [-0.1, -0.05) is 30.3 Å². The second-order valence-electron chi connectivity index (χ2n) is 5.53. The molecule has 2 rings (SSSR count). The lowest BCUT2D eigenvalue weighted by Gasteiger charge is -2.16. The van der Waals surface area contributed by atoms with Crippen molar-refractivity contribution in [3.8, 4) is 0 Å². The third kappa shape index (κ3) is 5.34. The first-order valence-corrected chi connectivity index (χ1v) is 7.59. The number of nitrogens with one attached hydrogen (secondary N) is 1. The normalized spacial score (nSPS) is 12.4. The van der Waals surface area contributed by atoms with Crippen LogP contribution in [0.25, 0.3) is 0 Å². The van der Waals surface area contributed by atoms with Crippen molar-refractivity contribution >= 4 is 11.8 Å². The molecule has 0 aliphatic rings. The molecule has 0 spiro atoms. The zero-order valence-electron chi connectivity index (χ0n) is 13.2. The monoisotopic (exact) mass is 350 g/mol. The van der Waals surface area contributed by atoms with Gasteiger partial charge in [0.1, 0.15) is 6.04 Å². The minimum Gasteiger partial charge on any atom is -0.368 e. The summed E-state index contributed by atoms with van der Waals surface area (Å²) in [6, 6.07) is 12.2. The van der Waals surface area contributed by atoms with Gasteiger partial charge in [0.25, 0.3) is 5.91 Å². The Kier molecular flexibility index (Phi) is 5.80. The topological polar surface area (TPSA) is 72.2 Å². The quantitative estimate of drug-likeness (QED) is 0.841. The molecule has 2 aromatic carbocycles. The molecule has 0 saturated heterocycles. The molecule has 3 N–H and O–H groups in total. The molecule has 7 heteroatoms. The fraction of sp³-hybridized carbons (Fsp3) is 0.222. The summed E-state index contributed by atoms with van der Waals surface area (Å²) < 4.78 is 37.6. The highest BCUT2D eigenvalue weighted by Gasteiger charge is 2.30. The van der Waals surface area contributed by atoms with Gasteiger partial charge < -0.3 is 11.1 Å². The Labute approximate surface area is 142 Å². The Morgan fingerprint density at radius 1 is 1.00 bits per heavy atom. The first-order valence-electron chi connectivity index (χ1n) is 7.59. The number of benzene rings is 2. The molecule has 0 aliphatic carbocycles. The number of halogens is 3. The van der Waals surface area contributed by atoms with Crippen LogP contribution in [0.2, 0.25) is 0 Å². The predicted octanol–water partition coefficient (Wildman–Crippen LogP) is 2.92. The van der Waals surface area contributed by atoms with Crippen LogP contribution in [0.4, 0.5) is 13.2 Å². The van der Waals surface area contributed by atoms with E-state index >= 15 is 0 Å². The van der Waals surface area contributed by atoms with Gasteiger partial charge in [-0.25, -0.2) is 0 Å². The minimum atomic E-state index is -4.47. The summed E-state index contributed by atoms with van der Waals surface area (Å²) in [5.74, 6) is -1.35. The molecule has 0 aliphatic heterocycles. The molecule has 0 heterocycles. The fourth-order valence-corrected chi connectivity index (χ4v) is 2.29. The summed E-state index contributed by atoms with van der Waals surface area (Å²) >= 11 is 0. The third-order valence-electron chi connectivity index (χ3n) is 3.69. The lowest BCUT2D eigenvalue weighted by Crippen LogP contribution is -2.44. The van der Waals surface area contributed by atoms with Crippen LogP contribution in [0.15, 0.2) is 54.6 Å². The van der Waals surface area contributed by atoms with Gasteiger partial charge >= 0.3 is 6.18 Å². The predicted molar refractivity (Wildman–Crippen MR) is 86.7 cm³/mol. The number of hydrogen-bond donors (Lipinski definition) is 2. The fourth-order valence-electron chi connectivity index (χ4n) is 2.29. The van der Waals surface area contributed by atoms with E-state index < -0.39 is 29.6 Å². The van der Waals surface area contributed by atoms with Gasteiger partial charge in [0, 0.05) is 5.56 Å². The van der Waals surface area contributed by atoms with E-state index in [1.807, 2.05) is 30.3 Å².